The van der Waals surface area contributed by atoms with Gasteiger partial charge in [0.05, 0.1) is 0 Å². The van der Waals surface area contributed by atoms with E-state index in [0.29, 0.717) is 12.3 Å². The first kappa shape index (κ1) is 13.3. The van der Waals surface area contributed by atoms with Gasteiger partial charge in [0.15, 0.2) is 5.78 Å². The first-order valence-electron chi connectivity index (χ1n) is 7.07. The van der Waals surface area contributed by atoms with Crippen LogP contribution in [0.4, 0.5) is 0 Å². The van der Waals surface area contributed by atoms with Gasteiger partial charge in [-0.25, -0.2) is 0 Å². The smallest absolute Gasteiger partial charge is 0.164 e. The van der Waals surface area contributed by atoms with Crippen molar-refractivity contribution in [1.82, 2.24) is 5.32 Å². The van der Waals surface area contributed by atoms with E-state index >= 15 is 0 Å². The Hall–Kier alpha value is -1.15. The van der Waals surface area contributed by atoms with Crippen molar-refractivity contribution in [2.45, 2.75) is 51.5 Å². The van der Waals surface area contributed by atoms with Gasteiger partial charge in [-0.3, -0.25) is 4.79 Å². The van der Waals surface area contributed by atoms with Crippen LogP contribution in [0, 0.1) is 0 Å². The Morgan fingerprint density at radius 2 is 2.22 bits per heavy atom. The van der Waals surface area contributed by atoms with Crippen LogP contribution in [-0.2, 0) is 0 Å². The van der Waals surface area contributed by atoms with Gasteiger partial charge in [0.25, 0.3) is 0 Å². The molecule has 0 aromatic heterocycles. The van der Waals surface area contributed by atoms with E-state index in [0.717, 1.165) is 12.1 Å². The highest BCUT2D eigenvalue weighted by atomic mass is 16.1. The lowest BCUT2D eigenvalue weighted by Crippen LogP contribution is -2.28. The Morgan fingerprint density at radius 1 is 1.44 bits per heavy atom. The number of carbonyl (C=O) groups excluding carboxylic acids is 1. The molecular weight excluding hydrogens is 222 g/mol. The molecule has 0 aliphatic heterocycles. The molecule has 0 bridgehead atoms. The molecule has 0 saturated heterocycles. The van der Waals surface area contributed by atoms with Crippen molar-refractivity contribution in [3.05, 3.63) is 35.4 Å². The lowest BCUT2D eigenvalue weighted by atomic mass is 9.79. The van der Waals surface area contributed by atoms with Crippen LogP contribution in [0.5, 0.6) is 0 Å². The molecule has 2 rings (SSSR count). The maximum absolute atomic E-state index is 12.2. The number of Topliss-reactive ketones (excluding diaryl/α,β-unsaturated/α-hetero) is 1. The van der Waals surface area contributed by atoms with Gasteiger partial charge in [-0.15, -0.1) is 0 Å². The molecule has 2 nitrogen and oxygen atoms in total. The SMILES string of the molecule is CCNC(C)CC(=O)c1cccc(C2CCC2)c1. The quantitative estimate of drug-likeness (QED) is 0.777. The molecule has 1 N–H and O–H groups in total. The van der Waals surface area contributed by atoms with Crippen LogP contribution in [0.15, 0.2) is 24.3 Å². The first-order chi connectivity index (χ1) is 8.70. The predicted octanol–water partition coefficient (Wildman–Crippen LogP) is 3.52. The topological polar surface area (TPSA) is 29.1 Å². The summed E-state index contributed by atoms with van der Waals surface area (Å²) in [5, 5.41) is 3.29. The van der Waals surface area contributed by atoms with E-state index in [2.05, 4.69) is 31.3 Å². The van der Waals surface area contributed by atoms with Crippen molar-refractivity contribution in [2.24, 2.45) is 0 Å². The summed E-state index contributed by atoms with van der Waals surface area (Å²) in [6.07, 6.45) is 4.49. The maximum atomic E-state index is 12.2. The molecule has 1 fully saturated rings. The summed E-state index contributed by atoms with van der Waals surface area (Å²) < 4.78 is 0. The third kappa shape index (κ3) is 3.20. The third-order valence-electron chi connectivity index (χ3n) is 3.83. The minimum atomic E-state index is 0.254. The van der Waals surface area contributed by atoms with E-state index in [9.17, 15) is 4.79 Å². The van der Waals surface area contributed by atoms with Crippen LogP contribution in [0.1, 0.15) is 61.4 Å². The normalized spacial score (nSPS) is 17.2. The van der Waals surface area contributed by atoms with E-state index in [4.69, 9.17) is 0 Å². The standard InChI is InChI=1S/C16H23NO/c1-3-17-12(2)10-16(18)15-9-5-8-14(11-15)13-6-4-7-13/h5,8-9,11-13,17H,3-4,6-7,10H2,1-2H3. The maximum Gasteiger partial charge on any atom is 0.164 e. The Morgan fingerprint density at radius 3 is 2.83 bits per heavy atom. The molecule has 0 spiro atoms. The van der Waals surface area contributed by atoms with Crippen LogP contribution in [0.3, 0.4) is 0 Å². The zero-order valence-corrected chi connectivity index (χ0v) is 11.4. The van der Waals surface area contributed by atoms with Crippen LogP contribution < -0.4 is 5.32 Å². The number of ketones is 1. The fourth-order valence-electron chi connectivity index (χ4n) is 2.52. The van der Waals surface area contributed by atoms with E-state index in [1.807, 2.05) is 12.1 Å². The molecule has 0 radical (unpaired) electrons. The minimum absolute atomic E-state index is 0.254. The number of hydrogen-bond acceptors (Lipinski definition) is 2. The lowest BCUT2D eigenvalue weighted by Gasteiger charge is -2.26. The second kappa shape index (κ2) is 6.14. The number of benzene rings is 1. The van der Waals surface area contributed by atoms with E-state index < -0.39 is 0 Å². The Balaban J connectivity index is 2.01. The number of nitrogens with one attached hydrogen (secondary N) is 1. The number of hydrogen-bond donors (Lipinski definition) is 1. The zero-order valence-electron chi connectivity index (χ0n) is 11.4. The van der Waals surface area contributed by atoms with Crippen molar-refractivity contribution >= 4 is 5.78 Å². The summed E-state index contributed by atoms with van der Waals surface area (Å²) in [5.41, 5.74) is 2.23. The largest absolute Gasteiger partial charge is 0.314 e. The highest BCUT2D eigenvalue weighted by Gasteiger charge is 2.20. The summed E-state index contributed by atoms with van der Waals surface area (Å²) in [6.45, 7) is 5.05. The lowest BCUT2D eigenvalue weighted by molar-refractivity contribution is 0.0971. The minimum Gasteiger partial charge on any atom is -0.314 e. The van der Waals surface area contributed by atoms with Gasteiger partial charge < -0.3 is 5.32 Å². The second-order valence-corrected chi connectivity index (χ2v) is 5.34. The van der Waals surface area contributed by atoms with Gasteiger partial charge in [-0.05, 0) is 43.9 Å². The number of rotatable bonds is 6. The average molecular weight is 245 g/mol. The molecule has 98 valence electrons. The van der Waals surface area contributed by atoms with Crippen molar-refractivity contribution in [3.8, 4) is 0 Å². The van der Waals surface area contributed by atoms with Gasteiger partial charge in [-0.1, -0.05) is 31.5 Å². The van der Waals surface area contributed by atoms with Crippen molar-refractivity contribution in [3.63, 3.8) is 0 Å². The van der Waals surface area contributed by atoms with Gasteiger partial charge in [0.2, 0.25) is 0 Å². The molecule has 1 saturated carbocycles. The molecule has 1 aliphatic rings. The van der Waals surface area contributed by atoms with Crippen LogP contribution in [0.2, 0.25) is 0 Å². The molecule has 0 amide bonds. The Labute approximate surface area is 110 Å². The Bertz CT molecular complexity index is 409. The average Bonchev–Trinajstić information content (AvgIpc) is 2.27. The van der Waals surface area contributed by atoms with Crippen LogP contribution >= 0.6 is 0 Å². The summed E-state index contributed by atoms with van der Waals surface area (Å²) in [7, 11) is 0. The second-order valence-electron chi connectivity index (χ2n) is 5.34. The van der Waals surface area contributed by atoms with Crippen LogP contribution in [0.25, 0.3) is 0 Å². The van der Waals surface area contributed by atoms with Crippen molar-refractivity contribution in [1.29, 1.82) is 0 Å². The van der Waals surface area contributed by atoms with Gasteiger partial charge in [-0.2, -0.15) is 0 Å². The molecule has 1 aromatic rings. The van der Waals surface area contributed by atoms with Crippen molar-refractivity contribution in [2.75, 3.05) is 6.54 Å². The molecule has 1 atom stereocenters. The van der Waals surface area contributed by atoms with E-state index in [1.54, 1.807) is 0 Å². The predicted molar refractivity (Wildman–Crippen MR) is 75.1 cm³/mol. The van der Waals surface area contributed by atoms with Crippen LogP contribution in [-0.4, -0.2) is 18.4 Å². The summed E-state index contributed by atoms with van der Waals surface area (Å²) in [4.78, 5) is 12.2. The zero-order chi connectivity index (χ0) is 13.0. The van der Waals surface area contributed by atoms with E-state index in [-0.39, 0.29) is 11.8 Å². The first-order valence-corrected chi connectivity index (χ1v) is 7.07. The van der Waals surface area contributed by atoms with Gasteiger partial charge in [0.1, 0.15) is 0 Å². The monoisotopic (exact) mass is 245 g/mol. The molecule has 0 heterocycles. The highest BCUT2D eigenvalue weighted by molar-refractivity contribution is 5.96. The summed E-state index contributed by atoms with van der Waals surface area (Å²) in [6, 6.07) is 8.50. The molecule has 1 aromatic carbocycles. The fraction of sp³-hybridized carbons (Fsp3) is 0.562. The third-order valence-corrected chi connectivity index (χ3v) is 3.83. The molecule has 18 heavy (non-hydrogen) atoms. The van der Waals surface area contributed by atoms with Crippen molar-refractivity contribution < 1.29 is 4.79 Å². The Kier molecular flexibility index (Phi) is 4.54. The number of carbonyl (C=O) groups is 1. The van der Waals surface area contributed by atoms with E-state index in [1.165, 1.54) is 24.8 Å². The summed E-state index contributed by atoms with van der Waals surface area (Å²) in [5.74, 6) is 0.952. The van der Waals surface area contributed by atoms with Gasteiger partial charge in [0, 0.05) is 18.0 Å². The summed E-state index contributed by atoms with van der Waals surface area (Å²) >= 11 is 0. The molecular formula is C16H23NO. The molecule has 1 aliphatic carbocycles. The highest BCUT2D eigenvalue weighted by Crippen LogP contribution is 2.36. The van der Waals surface area contributed by atoms with Gasteiger partial charge >= 0.3 is 0 Å². The molecule has 1 unspecified atom stereocenters. The molecule has 2 heteroatoms. The fourth-order valence-corrected chi connectivity index (χ4v) is 2.52.